The topological polar surface area (TPSA) is 28.4 Å². The van der Waals surface area contributed by atoms with Crippen LogP contribution in [0.3, 0.4) is 0 Å². The number of rotatable bonds is 8. The number of nitrogens with one attached hydrogen (secondary N) is 1. The van der Waals surface area contributed by atoms with E-state index in [0.717, 1.165) is 31.2 Å². The number of nitrogens with zero attached hydrogens (tertiary/aromatic N) is 1. The van der Waals surface area contributed by atoms with Gasteiger partial charge in [0.2, 0.25) is 0 Å². The van der Waals surface area contributed by atoms with Gasteiger partial charge in [-0.15, -0.1) is 0 Å². The molecule has 1 heterocycles. The van der Waals surface area contributed by atoms with E-state index in [1.807, 2.05) is 7.05 Å². The SMILES string of the molecule is CCCCCN(C)Cc1cc(C)c(CNC)o1. The van der Waals surface area contributed by atoms with E-state index in [2.05, 4.69) is 37.2 Å². The number of hydrogen-bond acceptors (Lipinski definition) is 3. The van der Waals surface area contributed by atoms with Crippen molar-refractivity contribution < 1.29 is 4.42 Å². The van der Waals surface area contributed by atoms with Crippen LogP contribution in [-0.2, 0) is 13.1 Å². The Morgan fingerprint density at radius 1 is 1.35 bits per heavy atom. The van der Waals surface area contributed by atoms with Gasteiger partial charge in [0.05, 0.1) is 13.1 Å². The predicted molar refractivity (Wildman–Crippen MR) is 72.1 cm³/mol. The van der Waals surface area contributed by atoms with E-state index in [1.54, 1.807) is 0 Å². The number of furan rings is 1. The van der Waals surface area contributed by atoms with Gasteiger partial charge in [0.25, 0.3) is 0 Å². The lowest BCUT2D eigenvalue weighted by atomic mass is 10.2. The molecular weight excluding hydrogens is 212 g/mol. The van der Waals surface area contributed by atoms with Crippen molar-refractivity contribution >= 4 is 0 Å². The fraction of sp³-hybridized carbons (Fsp3) is 0.714. The van der Waals surface area contributed by atoms with Crippen molar-refractivity contribution in [1.29, 1.82) is 0 Å². The normalized spacial score (nSPS) is 11.4. The molecule has 0 aliphatic heterocycles. The Bertz CT molecular complexity index is 320. The monoisotopic (exact) mass is 238 g/mol. The quantitative estimate of drug-likeness (QED) is 0.706. The minimum absolute atomic E-state index is 0.811. The first-order valence-corrected chi connectivity index (χ1v) is 6.58. The first-order valence-electron chi connectivity index (χ1n) is 6.58. The lowest BCUT2D eigenvalue weighted by Gasteiger charge is -2.14. The maximum absolute atomic E-state index is 5.83. The van der Waals surface area contributed by atoms with Crippen LogP contribution < -0.4 is 5.32 Å². The fourth-order valence-electron chi connectivity index (χ4n) is 1.98. The Labute approximate surface area is 105 Å². The summed E-state index contributed by atoms with van der Waals surface area (Å²) in [6, 6.07) is 2.16. The first-order chi connectivity index (χ1) is 8.17. The van der Waals surface area contributed by atoms with Gasteiger partial charge in [-0.3, -0.25) is 4.90 Å². The molecule has 17 heavy (non-hydrogen) atoms. The molecule has 0 spiro atoms. The summed E-state index contributed by atoms with van der Waals surface area (Å²) < 4.78 is 5.83. The molecule has 0 aliphatic carbocycles. The van der Waals surface area contributed by atoms with Gasteiger partial charge in [-0.05, 0) is 45.6 Å². The molecule has 0 saturated heterocycles. The molecule has 0 aromatic carbocycles. The minimum Gasteiger partial charge on any atom is -0.463 e. The van der Waals surface area contributed by atoms with E-state index in [-0.39, 0.29) is 0 Å². The highest BCUT2D eigenvalue weighted by molar-refractivity contribution is 5.19. The van der Waals surface area contributed by atoms with Crippen LogP contribution in [0.2, 0.25) is 0 Å². The second-order valence-corrected chi connectivity index (χ2v) is 4.79. The van der Waals surface area contributed by atoms with Crippen LogP contribution in [0, 0.1) is 6.92 Å². The number of unbranched alkanes of at least 4 members (excludes halogenated alkanes) is 2. The van der Waals surface area contributed by atoms with Gasteiger partial charge in [-0.1, -0.05) is 19.8 Å². The summed E-state index contributed by atoms with van der Waals surface area (Å²) in [5.74, 6) is 2.14. The van der Waals surface area contributed by atoms with Gasteiger partial charge in [0.1, 0.15) is 11.5 Å². The zero-order valence-electron chi connectivity index (χ0n) is 11.7. The van der Waals surface area contributed by atoms with Crippen molar-refractivity contribution in [2.45, 2.75) is 46.2 Å². The molecule has 0 amide bonds. The third-order valence-corrected chi connectivity index (χ3v) is 2.98. The van der Waals surface area contributed by atoms with Crippen molar-refractivity contribution in [2.75, 3.05) is 20.6 Å². The second-order valence-electron chi connectivity index (χ2n) is 4.79. The van der Waals surface area contributed by atoms with E-state index in [4.69, 9.17) is 4.42 Å². The molecule has 3 heteroatoms. The maximum Gasteiger partial charge on any atom is 0.120 e. The zero-order chi connectivity index (χ0) is 12.7. The smallest absolute Gasteiger partial charge is 0.120 e. The third kappa shape index (κ3) is 4.92. The molecule has 0 saturated carbocycles. The molecular formula is C14H26N2O. The van der Waals surface area contributed by atoms with Crippen LogP contribution >= 0.6 is 0 Å². The predicted octanol–water partition coefficient (Wildman–Crippen LogP) is 2.93. The molecule has 3 nitrogen and oxygen atoms in total. The molecule has 0 unspecified atom stereocenters. The average Bonchev–Trinajstić information content (AvgIpc) is 2.60. The number of hydrogen-bond donors (Lipinski definition) is 1. The van der Waals surface area contributed by atoms with Crippen molar-refractivity contribution in [3.05, 3.63) is 23.2 Å². The van der Waals surface area contributed by atoms with E-state index in [9.17, 15) is 0 Å². The summed E-state index contributed by atoms with van der Waals surface area (Å²) in [5.41, 5.74) is 1.25. The number of aryl methyl sites for hydroxylation is 1. The molecule has 1 rings (SSSR count). The van der Waals surface area contributed by atoms with Crippen molar-refractivity contribution in [2.24, 2.45) is 0 Å². The zero-order valence-corrected chi connectivity index (χ0v) is 11.7. The summed E-state index contributed by atoms with van der Waals surface area (Å²) in [5, 5.41) is 3.13. The Morgan fingerprint density at radius 2 is 2.12 bits per heavy atom. The van der Waals surface area contributed by atoms with Gasteiger partial charge < -0.3 is 9.73 Å². The van der Waals surface area contributed by atoms with Gasteiger partial charge >= 0.3 is 0 Å². The van der Waals surface area contributed by atoms with E-state index < -0.39 is 0 Å². The highest BCUT2D eigenvalue weighted by Gasteiger charge is 2.08. The molecule has 0 fully saturated rings. The Balaban J connectivity index is 2.42. The lowest BCUT2D eigenvalue weighted by Crippen LogP contribution is -2.18. The van der Waals surface area contributed by atoms with Crippen LogP contribution in [0.5, 0.6) is 0 Å². The van der Waals surface area contributed by atoms with E-state index in [1.165, 1.54) is 24.8 Å². The van der Waals surface area contributed by atoms with Crippen molar-refractivity contribution in [1.82, 2.24) is 10.2 Å². The second kappa shape index (κ2) is 7.51. The molecule has 98 valence electrons. The summed E-state index contributed by atoms with van der Waals surface area (Å²) in [7, 11) is 4.10. The Kier molecular flexibility index (Phi) is 6.30. The minimum atomic E-state index is 0.811. The van der Waals surface area contributed by atoms with Gasteiger partial charge in [-0.2, -0.15) is 0 Å². The highest BCUT2D eigenvalue weighted by atomic mass is 16.3. The first kappa shape index (κ1) is 14.3. The van der Waals surface area contributed by atoms with Crippen LogP contribution in [0.25, 0.3) is 0 Å². The Morgan fingerprint density at radius 3 is 2.76 bits per heavy atom. The summed E-state index contributed by atoms with van der Waals surface area (Å²) in [4.78, 5) is 2.33. The van der Waals surface area contributed by atoms with Crippen LogP contribution in [-0.4, -0.2) is 25.5 Å². The summed E-state index contributed by atoms with van der Waals surface area (Å²) in [6.45, 7) is 7.21. The third-order valence-electron chi connectivity index (χ3n) is 2.98. The summed E-state index contributed by atoms with van der Waals surface area (Å²) in [6.07, 6.45) is 3.86. The van der Waals surface area contributed by atoms with Gasteiger partial charge in [0.15, 0.2) is 0 Å². The molecule has 0 atom stereocenters. The maximum atomic E-state index is 5.83. The Hall–Kier alpha value is -0.800. The van der Waals surface area contributed by atoms with Crippen molar-refractivity contribution in [3.8, 4) is 0 Å². The molecule has 1 aromatic heterocycles. The lowest BCUT2D eigenvalue weighted by molar-refractivity contribution is 0.284. The summed E-state index contributed by atoms with van der Waals surface area (Å²) >= 11 is 0. The van der Waals surface area contributed by atoms with Crippen LogP contribution in [0.4, 0.5) is 0 Å². The van der Waals surface area contributed by atoms with Gasteiger partial charge in [0, 0.05) is 0 Å². The highest BCUT2D eigenvalue weighted by Crippen LogP contribution is 2.16. The van der Waals surface area contributed by atoms with Crippen LogP contribution in [0.15, 0.2) is 10.5 Å². The molecule has 0 radical (unpaired) electrons. The van der Waals surface area contributed by atoms with Crippen LogP contribution in [0.1, 0.15) is 43.3 Å². The van der Waals surface area contributed by atoms with E-state index >= 15 is 0 Å². The molecule has 0 aliphatic rings. The molecule has 1 aromatic rings. The molecule has 0 bridgehead atoms. The average molecular weight is 238 g/mol. The van der Waals surface area contributed by atoms with Gasteiger partial charge in [-0.25, -0.2) is 0 Å². The van der Waals surface area contributed by atoms with E-state index in [0.29, 0.717) is 0 Å². The fourth-order valence-corrected chi connectivity index (χ4v) is 1.98. The van der Waals surface area contributed by atoms with Crippen molar-refractivity contribution in [3.63, 3.8) is 0 Å². The molecule has 1 N–H and O–H groups in total. The largest absolute Gasteiger partial charge is 0.463 e. The standard InChI is InChI=1S/C14H26N2O/c1-5-6-7-8-16(4)11-13-9-12(2)14(17-13)10-15-3/h9,15H,5-8,10-11H2,1-4H3.